The van der Waals surface area contributed by atoms with Gasteiger partial charge in [-0.15, -0.1) is 0 Å². The molecule has 1 amide bonds. The largest absolute Gasteiger partial charge is 0.504 e. The zero-order valence-corrected chi connectivity index (χ0v) is 16.1. The van der Waals surface area contributed by atoms with Crippen molar-refractivity contribution in [2.24, 2.45) is 0 Å². The normalized spacial score (nSPS) is 39.9. The van der Waals surface area contributed by atoms with Crippen LogP contribution in [0.15, 0.2) is 6.07 Å². The third-order valence-electron chi connectivity index (χ3n) is 5.92. The molecule has 0 radical (unpaired) electrons. The number of carbonyl (C=O) groups is 1. The second kappa shape index (κ2) is 5.32. The van der Waals surface area contributed by atoms with Crippen molar-refractivity contribution in [1.82, 2.24) is 5.32 Å². The maximum Gasteiger partial charge on any atom is 0.400 e. The summed E-state index contributed by atoms with van der Waals surface area (Å²) in [6.07, 6.45) is -3.40. The molecule has 1 aliphatic carbocycles. The molecule has 2 saturated heterocycles. The Balaban J connectivity index is 1.55. The van der Waals surface area contributed by atoms with Gasteiger partial charge in [0.1, 0.15) is 24.4 Å². The van der Waals surface area contributed by atoms with Crippen LogP contribution in [-0.2, 0) is 28.2 Å². The van der Waals surface area contributed by atoms with E-state index in [1.54, 1.807) is 19.9 Å². The second-order valence-corrected chi connectivity index (χ2v) is 9.24. The van der Waals surface area contributed by atoms with E-state index >= 15 is 0 Å². The third-order valence-corrected chi connectivity index (χ3v) is 6.83. The second-order valence-electron chi connectivity index (χ2n) is 8.04. The molecule has 6 atom stereocenters. The summed E-state index contributed by atoms with van der Waals surface area (Å²) in [5.41, 5.74) is 0.363. The lowest BCUT2D eigenvalue weighted by Gasteiger charge is -2.45. The van der Waals surface area contributed by atoms with E-state index in [1.165, 1.54) is 0 Å². The number of nitrogens with one attached hydrogen (secondary N) is 1. The molecule has 156 valence electrons. The number of phenols is 1. The molecule has 1 saturated carbocycles. The average Bonchev–Trinajstić information content (AvgIpc) is 3.29. The van der Waals surface area contributed by atoms with Gasteiger partial charge < -0.3 is 29.4 Å². The summed E-state index contributed by atoms with van der Waals surface area (Å²) in [7, 11) is -4.26. The van der Waals surface area contributed by atoms with Gasteiger partial charge in [-0.3, -0.25) is 4.79 Å². The molecule has 4 aliphatic heterocycles. The quantitative estimate of drug-likeness (QED) is 0.576. The smallest absolute Gasteiger partial charge is 0.400 e. The van der Waals surface area contributed by atoms with Crippen molar-refractivity contribution in [1.29, 1.82) is 0 Å². The Labute approximate surface area is 165 Å². The van der Waals surface area contributed by atoms with Crippen LogP contribution < -0.4 is 14.8 Å². The Hall–Kier alpha value is -2.12. The van der Waals surface area contributed by atoms with Crippen LogP contribution in [0.1, 0.15) is 35.7 Å². The number of carbonyl (C=O) groups excluding carboxylic acids is 1. The summed E-state index contributed by atoms with van der Waals surface area (Å²) >= 11 is 0. The Morgan fingerprint density at radius 2 is 1.83 bits per heavy atom. The van der Waals surface area contributed by atoms with Crippen LogP contribution in [0.3, 0.4) is 0 Å². The predicted octanol–water partition coefficient (Wildman–Crippen LogP) is -0.121. The number of phenolic OH excluding ortho intramolecular Hbond substituents is 1. The van der Waals surface area contributed by atoms with Crippen LogP contribution in [0, 0.1) is 0 Å². The fourth-order valence-electron chi connectivity index (χ4n) is 4.98. The van der Waals surface area contributed by atoms with Gasteiger partial charge in [0.15, 0.2) is 17.3 Å². The molecule has 0 bridgehead atoms. The molecule has 1 aromatic carbocycles. The molecule has 1 aromatic rings. The lowest BCUT2D eigenvalue weighted by atomic mass is 9.70. The van der Waals surface area contributed by atoms with Crippen LogP contribution >= 0.6 is 0 Å². The van der Waals surface area contributed by atoms with Crippen molar-refractivity contribution in [2.45, 2.75) is 56.0 Å². The molecule has 3 fully saturated rings. The highest BCUT2D eigenvalue weighted by Gasteiger charge is 2.65. The number of amides is 1. The molecule has 2 N–H and O–H groups in total. The minimum atomic E-state index is -4.26. The molecule has 4 heterocycles. The van der Waals surface area contributed by atoms with Gasteiger partial charge in [-0.1, -0.05) is 0 Å². The monoisotopic (exact) mass is 427 g/mol. The summed E-state index contributed by atoms with van der Waals surface area (Å²) in [5, 5.41) is 13.4. The van der Waals surface area contributed by atoms with Gasteiger partial charge in [0.2, 0.25) is 12.5 Å². The van der Waals surface area contributed by atoms with Crippen molar-refractivity contribution in [2.75, 3.05) is 6.79 Å². The SMILES string of the molecule is CC1(C)O[C@@H]2[C@H]3OS(=O)(=O)O[C@H]3[C@@H]3c4cc5c(c(O)c4C(=O)N[C@H]3[C@@H]2O1)OCO5. The van der Waals surface area contributed by atoms with Gasteiger partial charge in [-0.05, 0) is 25.5 Å². The Kier molecular flexibility index (Phi) is 3.25. The average molecular weight is 427 g/mol. The maximum atomic E-state index is 12.9. The summed E-state index contributed by atoms with van der Waals surface area (Å²) < 4.78 is 57.2. The summed E-state index contributed by atoms with van der Waals surface area (Å²) in [5.74, 6) is -2.27. The molecule has 6 rings (SSSR count). The minimum Gasteiger partial charge on any atom is -0.504 e. The van der Waals surface area contributed by atoms with E-state index in [0.29, 0.717) is 5.56 Å². The predicted molar refractivity (Wildman–Crippen MR) is 90.7 cm³/mol. The highest BCUT2D eigenvalue weighted by atomic mass is 32.3. The van der Waals surface area contributed by atoms with Gasteiger partial charge >= 0.3 is 10.4 Å². The van der Waals surface area contributed by atoms with Gasteiger partial charge in [0, 0.05) is 5.92 Å². The van der Waals surface area contributed by atoms with E-state index < -0.39 is 58.5 Å². The Morgan fingerprint density at radius 1 is 1.10 bits per heavy atom. The zero-order chi connectivity index (χ0) is 20.3. The lowest BCUT2D eigenvalue weighted by molar-refractivity contribution is -0.152. The van der Waals surface area contributed by atoms with E-state index in [-0.39, 0.29) is 29.6 Å². The molecular formula is C17H17NO10S. The zero-order valence-electron chi connectivity index (χ0n) is 15.3. The third kappa shape index (κ3) is 2.31. The highest BCUT2D eigenvalue weighted by Crippen LogP contribution is 2.54. The van der Waals surface area contributed by atoms with Crippen LogP contribution in [0.25, 0.3) is 0 Å². The molecule has 0 unspecified atom stereocenters. The van der Waals surface area contributed by atoms with E-state index in [1.807, 2.05) is 0 Å². The first-order valence-corrected chi connectivity index (χ1v) is 10.4. The maximum absolute atomic E-state index is 12.9. The van der Waals surface area contributed by atoms with Crippen LogP contribution in [0.5, 0.6) is 17.2 Å². The molecule has 29 heavy (non-hydrogen) atoms. The number of benzene rings is 1. The summed E-state index contributed by atoms with van der Waals surface area (Å²) in [6.45, 7) is 3.29. The topological polar surface area (TPSA) is 139 Å². The first-order valence-electron chi connectivity index (χ1n) is 9.09. The van der Waals surface area contributed by atoms with E-state index in [9.17, 15) is 18.3 Å². The highest BCUT2D eigenvalue weighted by molar-refractivity contribution is 7.82. The number of rotatable bonds is 0. The Morgan fingerprint density at radius 3 is 2.62 bits per heavy atom. The first-order chi connectivity index (χ1) is 13.7. The number of ether oxygens (including phenoxy) is 4. The van der Waals surface area contributed by atoms with Crippen molar-refractivity contribution in [3.05, 3.63) is 17.2 Å². The summed E-state index contributed by atoms with van der Waals surface area (Å²) in [6, 6.07) is 0.903. The van der Waals surface area contributed by atoms with Gasteiger partial charge in [-0.25, -0.2) is 8.37 Å². The van der Waals surface area contributed by atoms with E-state index in [2.05, 4.69) is 5.32 Å². The van der Waals surface area contributed by atoms with E-state index in [0.717, 1.165) is 0 Å². The molecule has 12 heteroatoms. The number of hydrogen-bond acceptors (Lipinski definition) is 10. The number of aromatic hydroxyl groups is 1. The van der Waals surface area contributed by atoms with Crippen LogP contribution in [0.2, 0.25) is 0 Å². The van der Waals surface area contributed by atoms with Gasteiger partial charge in [-0.2, -0.15) is 8.42 Å². The van der Waals surface area contributed by atoms with Crippen LogP contribution in [0.4, 0.5) is 0 Å². The first kappa shape index (κ1) is 17.7. The number of hydrogen-bond donors (Lipinski definition) is 2. The lowest BCUT2D eigenvalue weighted by Crippen LogP contribution is -2.64. The summed E-state index contributed by atoms with van der Waals surface area (Å²) in [4.78, 5) is 12.9. The van der Waals surface area contributed by atoms with Crippen molar-refractivity contribution in [3.63, 3.8) is 0 Å². The molecular weight excluding hydrogens is 410 g/mol. The van der Waals surface area contributed by atoms with E-state index in [4.69, 9.17) is 27.3 Å². The molecule has 0 aromatic heterocycles. The van der Waals surface area contributed by atoms with Gasteiger partial charge in [0.25, 0.3) is 5.91 Å². The minimum absolute atomic E-state index is 0.0150. The number of fused-ring (bicyclic) bond motifs is 9. The fraction of sp³-hybridized carbons (Fsp3) is 0.588. The van der Waals surface area contributed by atoms with Crippen molar-refractivity contribution < 1.29 is 45.6 Å². The standard InChI is InChI=1S/C17H17NO10S/c1-17(2)25-13-9-7(12-15(14(13)26-17)28-29(21,22)27-12)5-3-6-11(24-4-23-6)10(19)8(5)16(20)18-9/h3,7,9,12-15,19H,4H2,1-2H3,(H,18,20)/t7-,9-,12+,13+,14+,15+/m1/s1. The molecule has 0 spiro atoms. The van der Waals surface area contributed by atoms with Crippen molar-refractivity contribution >= 4 is 16.3 Å². The molecule has 5 aliphatic rings. The van der Waals surface area contributed by atoms with Gasteiger partial charge in [0.05, 0.1) is 11.6 Å². The fourth-order valence-corrected chi connectivity index (χ4v) is 6.02. The molecule has 11 nitrogen and oxygen atoms in total. The Bertz CT molecular complexity index is 1050. The van der Waals surface area contributed by atoms with Crippen LogP contribution in [-0.4, -0.2) is 62.5 Å². The van der Waals surface area contributed by atoms with Crippen molar-refractivity contribution in [3.8, 4) is 17.2 Å².